The number of rotatable bonds is 41. The highest BCUT2D eigenvalue weighted by Gasteiger charge is 2.44. The second-order valence-corrected chi connectivity index (χ2v) is 22.3. The fourth-order valence-electron chi connectivity index (χ4n) is 11.5. The second-order valence-electron chi connectivity index (χ2n) is 22.3. The van der Waals surface area contributed by atoms with Crippen LogP contribution in [0.4, 0.5) is 11.4 Å². The zero-order valence-electron chi connectivity index (χ0n) is 45.6. The predicted molar refractivity (Wildman–Crippen MR) is 300 cm³/mol. The third kappa shape index (κ3) is 21.7. The molecule has 2 nitrogen and oxygen atoms in total. The molecule has 0 fully saturated rings. The van der Waals surface area contributed by atoms with Gasteiger partial charge < -0.3 is 28.9 Å². The van der Waals surface area contributed by atoms with Gasteiger partial charge >= 0.3 is 0 Å². The second kappa shape index (κ2) is 36.7. The Balaban J connectivity index is 0.0000122. The van der Waals surface area contributed by atoms with E-state index in [1.807, 2.05) is 0 Å². The number of para-hydroxylation sites is 2. The minimum atomic E-state index is -0.00799. The van der Waals surface area contributed by atoms with Gasteiger partial charge in [0.15, 0.2) is 5.71 Å². The molecule has 0 radical (unpaired) electrons. The van der Waals surface area contributed by atoms with Crippen molar-refractivity contribution in [1.29, 1.82) is 0 Å². The molecule has 0 unspecified atom stereocenters. The van der Waals surface area contributed by atoms with Crippen molar-refractivity contribution in [2.24, 2.45) is 0 Å². The Morgan fingerprint density at radius 3 is 1.25 bits per heavy atom. The van der Waals surface area contributed by atoms with Crippen molar-refractivity contribution in [1.82, 2.24) is 0 Å². The SMILES string of the molecule is CCCCCCCCCCCCCCCCCCCCN1/C(=C/C=C/C=C/C2=[N+](CCCCCCCCCCCCCCCCCCCC)c3ccccc3C2(C)C)C(C)(C)c2ccccc21.[I-]. The maximum atomic E-state index is 2.64. The first kappa shape index (κ1) is 60.2. The molecule has 2 heterocycles. The Labute approximate surface area is 440 Å². The monoisotopic (exact) mass is 1040 g/mol. The van der Waals surface area contributed by atoms with Gasteiger partial charge in [0.25, 0.3) is 0 Å². The molecule has 0 aliphatic carbocycles. The molecule has 0 spiro atoms. The third-order valence-electron chi connectivity index (χ3n) is 15.8. The average molecular weight is 1040 g/mol. The Hall–Kier alpha value is -2.14. The van der Waals surface area contributed by atoms with E-state index in [1.54, 1.807) is 0 Å². The van der Waals surface area contributed by atoms with Crippen LogP contribution in [0.1, 0.15) is 284 Å². The summed E-state index contributed by atoms with van der Waals surface area (Å²) < 4.78 is 2.64. The zero-order chi connectivity index (χ0) is 47.7. The molecule has 0 amide bonds. The number of anilines is 1. The summed E-state index contributed by atoms with van der Waals surface area (Å²) in [7, 11) is 0. The van der Waals surface area contributed by atoms with E-state index in [1.165, 1.54) is 265 Å². The van der Waals surface area contributed by atoms with Crippen LogP contribution in [0.2, 0.25) is 0 Å². The minimum absolute atomic E-state index is 0. The molecular weight excluding hydrogens is 936 g/mol. The molecule has 0 saturated heterocycles. The summed E-state index contributed by atoms with van der Waals surface area (Å²) in [5.41, 5.74) is 8.59. The van der Waals surface area contributed by atoms with E-state index in [4.69, 9.17) is 0 Å². The smallest absolute Gasteiger partial charge is 0.209 e. The average Bonchev–Trinajstić information content (AvgIpc) is 3.68. The fourth-order valence-corrected chi connectivity index (χ4v) is 11.5. The maximum absolute atomic E-state index is 2.64. The van der Waals surface area contributed by atoms with Crippen LogP contribution < -0.4 is 28.9 Å². The van der Waals surface area contributed by atoms with Gasteiger partial charge in [0.1, 0.15) is 6.54 Å². The van der Waals surface area contributed by atoms with Gasteiger partial charge in [-0.3, -0.25) is 0 Å². The van der Waals surface area contributed by atoms with E-state index in [0.717, 1.165) is 13.1 Å². The molecule has 0 N–H and O–H groups in total. The molecule has 2 aromatic carbocycles. The number of nitrogens with zero attached hydrogens (tertiary/aromatic N) is 2. The Morgan fingerprint density at radius 1 is 0.412 bits per heavy atom. The predicted octanol–water partition coefficient (Wildman–Crippen LogP) is 17.9. The van der Waals surface area contributed by atoms with Crippen LogP contribution in [-0.4, -0.2) is 23.4 Å². The van der Waals surface area contributed by atoms with Gasteiger partial charge in [-0.1, -0.05) is 294 Å². The highest BCUT2D eigenvalue weighted by atomic mass is 127. The minimum Gasteiger partial charge on any atom is -1.00 e. The van der Waals surface area contributed by atoms with Crippen molar-refractivity contribution in [2.75, 3.05) is 18.0 Å². The maximum Gasteiger partial charge on any atom is 0.209 e. The quantitative estimate of drug-likeness (QED) is 0.0278. The molecule has 2 aromatic rings. The normalized spacial score (nSPS) is 15.6. The van der Waals surface area contributed by atoms with Gasteiger partial charge in [-0.25, -0.2) is 0 Å². The van der Waals surface area contributed by atoms with Crippen molar-refractivity contribution in [3.8, 4) is 0 Å². The van der Waals surface area contributed by atoms with Crippen molar-refractivity contribution in [3.63, 3.8) is 0 Å². The van der Waals surface area contributed by atoms with Crippen molar-refractivity contribution in [3.05, 3.63) is 95.7 Å². The summed E-state index contributed by atoms with van der Waals surface area (Å²) in [4.78, 5) is 2.64. The largest absolute Gasteiger partial charge is 1.00 e. The lowest BCUT2D eigenvalue weighted by atomic mass is 9.81. The van der Waals surface area contributed by atoms with Gasteiger partial charge in [-0.2, -0.15) is 4.58 Å². The lowest BCUT2D eigenvalue weighted by Gasteiger charge is -2.27. The zero-order valence-corrected chi connectivity index (χ0v) is 47.8. The molecule has 0 saturated carbocycles. The molecule has 4 rings (SSSR count). The van der Waals surface area contributed by atoms with Gasteiger partial charge in [0.05, 0.1) is 5.41 Å². The molecule has 68 heavy (non-hydrogen) atoms. The third-order valence-corrected chi connectivity index (χ3v) is 15.8. The number of fused-ring (bicyclic) bond motifs is 2. The van der Waals surface area contributed by atoms with Crippen LogP contribution >= 0.6 is 0 Å². The van der Waals surface area contributed by atoms with Crippen molar-refractivity contribution in [2.45, 2.75) is 284 Å². The van der Waals surface area contributed by atoms with Gasteiger partial charge in [-0.05, 0) is 44.4 Å². The first-order valence-corrected chi connectivity index (χ1v) is 29.5. The van der Waals surface area contributed by atoms with Crippen LogP contribution in [0.15, 0.2) is 84.6 Å². The molecule has 384 valence electrons. The Kier molecular flexibility index (Phi) is 32.5. The summed E-state index contributed by atoms with van der Waals surface area (Å²) in [5, 5.41) is 0. The van der Waals surface area contributed by atoms with Crippen LogP contribution in [0, 0.1) is 0 Å². The van der Waals surface area contributed by atoms with Crippen molar-refractivity contribution >= 4 is 17.1 Å². The molecular formula is C65H107IN2. The number of halogens is 1. The van der Waals surface area contributed by atoms with Gasteiger partial charge in [0.2, 0.25) is 5.69 Å². The lowest BCUT2D eigenvalue weighted by molar-refractivity contribution is -0.438. The first-order valence-electron chi connectivity index (χ1n) is 29.5. The molecule has 3 heteroatoms. The summed E-state index contributed by atoms with van der Waals surface area (Å²) >= 11 is 0. The van der Waals surface area contributed by atoms with E-state index in [0.29, 0.717) is 0 Å². The topological polar surface area (TPSA) is 6.25 Å². The number of benzene rings is 2. The highest BCUT2D eigenvalue weighted by Crippen LogP contribution is 2.48. The first-order chi connectivity index (χ1) is 32.8. The number of unbranched alkanes of at least 4 members (excludes halogenated alkanes) is 34. The molecule has 2 aliphatic heterocycles. The van der Waals surface area contributed by atoms with Crippen LogP contribution in [0.5, 0.6) is 0 Å². The standard InChI is InChI=1S/C65H107N2.HI/c1-7-9-11-13-15-17-19-21-23-25-27-29-31-33-35-37-39-48-56-66-60-52-46-44-50-58(60)64(3,4)62(66)54-42-41-43-55-63-65(5,6)59-51-45-47-53-61(59)67(63)57-49-40-38-36-34-32-30-28-26-24-22-20-18-16-14-12-10-8-2;/h41-47,50-55H,7-40,48-49,56-57H2,1-6H3;1H/q+1;/p-1. The number of hydrogen-bond acceptors (Lipinski definition) is 1. The Bertz CT molecular complexity index is 1710. The van der Waals surface area contributed by atoms with E-state index in [-0.39, 0.29) is 34.8 Å². The van der Waals surface area contributed by atoms with Crippen LogP contribution in [0.3, 0.4) is 0 Å². The van der Waals surface area contributed by atoms with E-state index >= 15 is 0 Å². The Morgan fingerprint density at radius 2 is 0.794 bits per heavy atom. The molecule has 0 atom stereocenters. The summed E-state index contributed by atoms with van der Waals surface area (Å²) in [6.45, 7) is 16.5. The number of allylic oxidation sites excluding steroid dienone is 6. The summed E-state index contributed by atoms with van der Waals surface area (Å²) in [6, 6.07) is 18.3. The van der Waals surface area contributed by atoms with Gasteiger partial charge in [-0.15, -0.1) is 0 Å². The fraction of sp³-hybridized carbons (Fsp3) is 0.708. The number of hydrogen-bond donors (Lipinski definition) is 0. The van der Waals surface area contributed by atoms with Gasteiger partial charge in [0, 0.05) is 47.5 Å². The van der Waals surface area contributed by atoms with E-state index < -0.39 is 0 Å². The lowest BCUT2D eigenvalue weighted by Crippen LogP contribution is -3.00. The van der Waals surface area contributed by atoms with Crippen LogP contribution in [0.25, 0.3) is 0 Å². The van der Waals surface area contributed by atoms with Crippen LogP contribution in [-0.2, 0) is 10.8 Å². The van der Waals surface area contributed by atoms with E-state index in [2.05, 4.69) is 130 Å². The molecule has 0 bridgehead atoms. The van der Waals surface area contributed by atoms with E-state index in [9.17, 15) is 0 Å². The highest BCUT2D eigenvalue weighted by molar-refractivity contribution is 6.03. The van der Waals surface area contributed by atoms with Crippen molar-refractivity contribution < 1.29 is 28.6 Å². The summed E-state index contributed by atoms with van der Waals surface area (Å²) in [6.07, 6.45) is 62.8. The summed E-state index contributed by atoms with van der Waals surface area (Å²) in [5.74, 6) is 0. The molecule has 0 aromatic heterocycles. The molecule has 2 aliphatic rings.